The Balaban J connectivity index is 1.97. The lowest BCUT2D eigenvalue weighted by Gasteiger charge is -2.41. The van der Waals surface area contributed by atoms with Gasteiger partial charge in [-0.3, -0.25) is 9.59 Å². The third-order valence-corrected chi connectivity index (χ3v) is 7.52. The number of allylic oxidation sites excluding steroid dienone is 3. The number of aliphatic hydroxyl groups excluding tert-OH is 1. The van der Waals surface area contributed by atoms with E-state index in [0.29, 0.717) is 5.92 Å². The molecule has 1 saturated heterocycles. The molecule has 0 aromatic rings. The highest BCUT2D eigenvalue weighted by Gasteiger charge is 2.52. The smallest absolute Gasteiger partial charge is 0.336 e. The number of aliphatic carboxylic acids is 1. The van der Waals surface area contributed by atoms with Crippen molar-refractivity contribution in [3.8, 4) is 0 Å². The van der Waals surface area contributed by atoms with Crippen molar-refractivity contribution >= 4 is 17.7 Å². The second-order valence-electron chi connectivity index (χ2n) is 9.53. The minimum atomic E-state index is -2.14. The molecule has 1 heterocycles. The predicted octanol–water partition coefficient (Wildman–Crippen LogP) is 2.70. The number of Topliss-reactive ketones (excluding diaryl/α,β-unsaturated/α-hetero) is 1. The third kappa shape index (κ3) is 3.57. The van der Waals surface area contributed by atoms with Crippen LogP contribution in [0.4, 0.5) is 0 Å². The molecule has 3 N–H and O–H groups in total. The van der Waals surface area contributed by atoms with Gasteiger partial charge in [-0.1, -0.05) is 45.8 Å². The van der Waals surface area contributed by atoms with Crippen molar-refractivity contribution in [1.82, 2.24) is 4.90 Å². The van der Waals surface area contributed by atoms with Crippen molar-refractivity contribution in [1.29, 1.82) is 0 Å². The Labute approximate surface area is 177 Å². The van der Waals surface area contributed by atoms with Crippen LogP contribution in [0.15, 0.2) is 23.5 Å². The van der Waals surface area contributed by atoms with Crippen molar-refractivity contribution in [2.45, 2.75) is 64.5 Å². The molecule has 7 heteroatoms. The van der Waals surface area contributed by atoms with Crippen molar-refractivity contribution in [3.63, 3.8) is 0 Å². The molecule has 3 rings (SSSR count). The monoisotopic (exact) mass is 419 g/mol. The van der Waals surface area contributed by atoms with E-state index < -0.39 is 41.6 Å². The minimum Gasteiger partial charge on any atom is -0.511 e. The normalized spacial score (nSPS) is 35.4. The Morgan fingerprint density at radius 2 is 1.83 bits per heavy atom. The molecule has 7 nitrogen and oxygen atoms in total. The third-order valence-electron chi connectivity index (χ3n) is 7.52. The van der Waals surface area contributed by atoms with E-state index in [1.165, 1.54) is 7.05 Å². The number of hydrogen-bond donors (Lipinski definition) is 3. The van der Waals surface area contributed by atoms with Gasteiger partial charge in [-0.2, -0.15) is 0 Å². The van der Waals surface area contributed by atoms with E-state index in [9.17, 15) is 29.7 Å². The van der Waals surface area contributed by atoms with E-state index in [4.69, 9.17) is 0 Å². The number of carboxylic acids is 1. The van der Waals surface area contributed by atoms with Crippen LogP contribution in [0.2, 0.25) is 0 Å². The number of likely N-dealkylation sites (tertiary alicyclic amines) is 1. The minimum absolute atomic E-state index is 0.00609. The van der Waals surface area contributed by atoms with E-state index in [2.05, 4.69) is 12.2 Å². The molecule has 0 aromatic heterocycles. The Kier molecular flexibility index (Phi) is 6.14. The summed E-state index contributed by atoms with van der Waals surface area (Å²) in [5.74, 6) is -3.25. The largest absolute Gasteiger partial charge is 0.511 e. The van der Waals surface area contributed by atoms with Gasteiger partial charge in [0.25, 0.3) is 5.91 Å². The van der Waals surface area contributed by atoms with Crippen LogP contribution in [0.3, 0.4) is 0 Å². The quantitative estimate of drug-likeness (QED) is 0.273. The maximum Gasteiger partial charge on any atom is 0.336 e. The molecule has 0 aromatic carbocycles. The first-order valence-corrected chi connectivity index (χ1v) is 10.9. The SMILES string of the molecule is CC(C)C(O)(CC1C(=O)/C(=C(\O)[C@H]2C3CCCC[C@H]3C=C[C@H]2C)C(=O)N1C)C(=O)O. The van der Waals surface area contributed by atoms with Crippen molar-refractivity contribution < 1.29 is 29.7 Å². The lowest BCUT2D eigenvalue weighted by Crippen LogP contribution is -2.49. The molecular weight excluding hydrogens is 386 g/mol. The summed E-state index contributed by atoms with van der Waals surface area (Å²) in [5, 5.41) is 31.3. The zero-order valence-corrected chi connectivity index (χ0v) is 18.2. The maximum absolute atomic E-state index is 13.2. The fraction of sp³-hybridized carbons (Fsp3) is 0.696. The molecule has 2 aliphatic carbocycles. The number of carboxylic acid groups (broad SMARTS) is 1. The number of nitrogens with zero attached hydrogens (tertiary/aromatic N) is 1. The fourth-order valence-electron chi connectivity index (χ4n) is 5.42. The molecule has 3 aliphatic rings. The van der Waals surface area contributed by atoms with Gasteiger partial charge in [0.05, 0.1) is 6.04 Å². The number of hydrogen-bond acceptors (Lipinski definition) is 5. The molecule has 0 spiro atoms. The zero-order chi connectivity index (χ0) is 22.4. The molecule has 3 unspecified atom stereocenters. The summed E-state index contributed by atoms with van der Waals surface area (Å²) < 4.78 is 0. The number of amides is 1. The summed E-state index contributed by atoms with van der Waals surface area (Å²) >= 11 is 0. The first-order valence-electron chi connectivity index (χ1n) is 10.9. The second-order valence-corrected chi connectivity index (χ2v) is 9.53. The highest BCUT2D eigenvalue weighted by atomic mass is 16.4. The summed E-state index contributed by atoms with van der Waals surface area (Å²) in [7, 11) is 1.42. The summed E-state index contributed by atoms with van der Waals surface area (Å²) in [6.45, 7) is 5.10. The standard InChI is InChI=1S/C23H33NO6/c1-12(2)23(30,22(28)29)11-16-19(25)18(21(27)24(16)4)20(26)17-13(3)9-10-14-7-5-6-8-15(14)17/h9-10,12-17,26,30H,5-8,11H2,1-4H3,(H,28,29)/b20-18+/t13-,14+,15?,16?,17-,23?/m1/s1. The van der Waals surface area contributed by atoms with Crippen LogP contribution in [-0.4, -0.2) is 56.6 Å². The number of aliphatic hydroxyl groups is 2. The van der Waals surface area contributed by atoms with Gasteiger partial charge >= 0.3 is 5.97 Å². The van der Waals surface area contributed by atoms with Gasteiger partial charge in [0.2, 0.25) is 0 Å². The van der Waals surface area contributed by atoms with Crippen LogP contribution < -0.4 is 0 Å². The van der Waals surface area contributed by atoms with E-state index in [-0.39, 0.29) is 29.1 Å². The van der Waals surface area contributed by atoms with Crippen molar-refractivity contribution in [3.05, 3.63) is 23.5 Å². The number of carbonyl (C=O) groups is 3. The predicted molar refractivity (Wildman–Crippen MR) is 111 cm³/mol. The maximum atomic E-state index is 13.2. The highest BCUT2D eigenvalue weighted by molar-refractivity contribution is 6.26. The van der Waals surface area contributed by atoms with E-state index in [0.717, 1.165) is 30.6 Å². The summed E-state index contributed by atoms with van der Waals surface area (Å²) in [5.41, 5.74) is -2.38. The summed E-state index contributed by atoms with van der Waals surface area (Å²) in [6, 6.07) is -1.12. The van der Waals surface area contributed by atoms with Gasteiger partial charge in [0, 0.05) is 19.4 Å². The van der Waals surface area contributed by atoms with Crippen LogP contribution in [0.5, 0.6) is 0 Å². The number of rotatable bonds is 5. The topological polar surface area (TPSA) is 115 Å². The molecule has 6 atom stereocenters. The average Bonchev–Trinajstić information content (AvgIpc) is 2.90. The number of likely N-dealkylation sites (N-methyl/N-ethyl adjacent to an activating group) is 1. The molecule has 30 heavy (non-hydrogen) atoms. The van der Waals surface area contributed by atoms with E-state index in [1.54, 1.807) is 13.8 Å². The highest BCUT2D eigenvalue weighted by Crippen LogP contribution is 2.46. The van der Waals surface area contributed by atoms with Crippen LogP contribution in [-0.2, 0) is 14.4 Å². The molecule has 1 amide bonds. The van der Waals surface area contributed by atoms with E-state index in [1.807, 2.05) is 6.92 Å². The lowest BCUT2D eigenvalue weighted by molar-refractivity contribution is -0.166. The van der Waals surface area contributed by atoms with E-state index >= 15 is 0 Å². The molecular formula is C23H33NO6. The van der Waals surface area contributed by atoms with Gasteiger partial charge in [-0.25, -0.2) is 4.79 Å². The summed E-state index contributed by atoms with van der Waals surface area (Å²) in [6.07, 6.45) is 8.02. The Hall–Kier alpha value is -2.15. The zero-order valence-electron chi connectivity index (χ0n) is 18.2. The van der Waals surface area contributed by atoms with Crippen LogP contribution in [0.1, 0.15) is 52.9 Å². The second kappa shape index (κ2) is 8.17. The van der Waals surface area contributed by atoms with Crippen molar-refractivity contribution in [2.75, 3.05) is 7.05 Å². The van der Waals surface area contributed by atoms with Gasteiger partial charge in [-0.15, -0.1) is 0 Å². The Bertz CT molecular complexity index is 800. The van der Waals surface area contributed by atoms with Crippen LogP contribution in [0.25, 0.3) is 0 Å². The number of fused-ring (bicyclic) bond motifs is 1. The first kappa shape index (κ1) is 22.5. The van der Waals surface area contributed by atoms with Gasteiger partial charge in [-0.05, 0) is 36.5 Å². The number of ketones is 1. The Morgan fingerprint density at radius 3 is 2.43 bits per heavy atom. The lowest BCUT2D eigenvalue weighted by atomic mass is 9.64. The molecule has 2 fully saturated rings. The Morgan fingerprint density at radius 1 is 1.20 bits per heavy atom. The molecule has 0 bridgehead atoms. The van der Waals surface area contributed by atoms with Gasteiger partial charge < -0.3 is 20.2 Å². The number of carbonyl (C=O) groups excluding carboxylic acids is 2. The van der Waals surface area contributed by atoms with Gasteiger partial charge in [0.1, 0.15) is 11.3 Å². The van der Waals surface area contributed by atoms with Crippen LogP contribution in [0, 0.1) is 29.6 Å². The van der Waals surface area contributed by atoms with Crippen LogP contribution >= 0.6 is 0 Å². The summed E-state index contributed by atoms with van der Waals surface area (Å²) in [4.78, 5) is 39.0. The molecule has 1 saturated carbocycles. The van der Waals surface area contributed by atoms with Gasteiger partial charge in [0.15, 0.2) is 11.4 Å². The fourth-order valence-corrected chi connectivity index (χ4v) is 5.42. The first-order chi connectivity index (χ1) is 14.0. The average molecular weight is 420 g/mol. The molecule has 1 aliphatic heterocycles. The molecule has 166 valence electrons. The molecule has 0 radical (unpaired) electrons. The van der Waals surface area contributed by atoms with Crippen molar-refractivity contribution in [2.24, 2.45) is 29.6 Å².